The zero-order valence-corrected chi connectivity index (χ0v) is 15.9. The maximum absolute atomic E-state index is 12.3. The molecule has 138 valence electrons. The van der Waals surface area contributed by atoms with Crippen molar-refractivity contribution in [2.45, 2.75) is 38.9 Å². The predicted molar refractivity (Wildman–Crippen MR) is 101 cm³/mol. The van der Waals surface area contributed by atoms with Gasteiger partial charge in [-0.15, -0.1) is 0 Å². The molecule has 5 heteroatoms. The van der Waals surface area contributed by atoms with Gasteiger partial charge in [0.2, 0.25) is 0 Å². The number of ether oxygens (including phenoxy) is 2. The summed E-state index contributed by atoms with van der Waals surface area (Å²) in [4.78, 5) is 18.0. The number of benzene rings is 1. The lowest BCUT2D eigenvalue weighted by atomic mass is 9.90. The first-order valence-corrected chi connectivity index (χ1v) is 8.93. The Morgan fingerprint density at radius 1 is 1.27 bits per heavy atom. The molecule has 3 rings (SSSR count). The van der Waals surface area contributed by atoms with E-state index in [0.717, 1.165) is 17.5 Å². The molecule has 0 bridgehead atoms. The molecule has 0 aliphatic carbocycles. The molecule has 0 N–H and O–H groups in total. The van der Waals surface area contributed by atoms with Gasteiger partial charge < -0.3 is 14.4 Å². The second-order valence-corrected chi connectivity index (χ2v) is 7.58. The summed E-state index contributed by atoms with van der Waals surface area (Å²) in [7, 11) is 1.75. The number of likely N-dealkylation sites (N-methyl/N-ethyl adjacent to an activating group) is 1. The van der Waals surface area contributed by atoms with Crippen LogP contribution in [0.1, 0.15) is 38.0 Å². The van der Waals surface area contributed by atoms with Crippen LogP contribution in [0.2, 0.25) is 0 Å². The number of nitrogens with zero attached hydrogens (tertiary/aromatic N) is 2. The van der Waals surface area contributed by atoms with Gasteiger partial charge in [0.15, 0.2) is 0 Å². The first kappa shape index (κ1) is 18.4. The highest BCUT2D eigenvalue weighted by Gasteiger charge is 2.27. The second kappa shape index (κ2) is 7.46. The highest BCUT2D eigenvalue weighted by atomic mass is 16.6. The van der Waals surface area contributed by atoms with E-state index in [4.69, 9.17) is 9.47 Å². The Labute approximate surface area is 155 Å². The molecule has 1 amide bonds. The Balaban J connectivity index is 1.83. The zero-order valence-electron chi connectivity index (χ0n) is 15.9. The minimum Gasteiger partial charge on any atom is -0.444 e. The van der Waals surface area contributed by atoms with Gasteiger partial charge in [-0.3, -0.25) is 4.98 Å². The van der Waals surface area contributed by atoms with Gasteiger partial charge in [0, 0.05) is 19.4 Å². The van der Waals surface area contributed by atoms with Crippen LogP contribution in [-0.2, 0) is 15.9 Å². The van der Waals surface area contributed by atoms with Gasteiger partial charge in [0.05, 0.1) is 13.2 Å². The predicted octanol–water partition coefficient (Wildman–Crippen LogP) is 4.23. The summed E-state index contributed by atoms with van der Waals surface area (Å²) in [6, 6.07) is 10.3. The Bertz CT molecular complexity index is 769. The summed E-state index contributed by atoms with van der Waals surface area (Å²) in [5.74, 6) is 0. The number of aromatic nitrogens is 1. The van der Waals surface area contributed by atoms with E-state index in [0.29, 0.717) is 13.2 Å². The van der Waals surface area contributed by atoms with Crippen LogP contribution in [0.15, 0.2) is 42.7 Å². The molecule has 1 aromatic heterocycles. The van der Waals surface area contributed by atoms with Crippen LogP contribution in [-0.4, -0.2) is 41.8 Å². The van der Waals surface area contributed by atoms with Gasteiger partial charge in [0.1, 0.15) is 11.7 Å². The third kappa shape index (κ3) is 4.22. The summed E-state index contributed by atoms with van der Waals surface area (Å²) in [5, 5.41) is 0. The van der Waals surface area contributed by atoms with E-state index >= 15 is 0 Å². The SMILES string of the molecule is CN(C[C@H]1OCCc2c(-c3ccncc3)cccc21)C(=O)OC(C)(C)C. The number of hydrogen-bond acceptors (Lipinski definition) is 4. The highest BCUT2D eigenvalue weighted by molar-refractivity contribution is 5.70. The summed E-state index contributed by atoms with van der Waals surface area (Å²) < 4.78 is 11.4. The molecule has 1 aliphatic heterocycles. The van der Waals surface area contributed by atoms with Crippen LogP contribution in [0.25, 0.3) is 11.1 Å². The largest absolute Gasteiger partial charge is 0.444 e. The van der Waals surface area contributed by atoms with Crippen LogP contribution < -0.4 is 0 Å². The van der Waals surface area contributed by atoms with Crippen molar-refractivity contribution in [3.63, 3.8) is 0 Å². The third-order valence-corrected chi connectivity index (χ3v) is 4.37. The molecular formula is C21H26N2O3. The smallest absolute Gasteiger partial charge is 0.410 e. The molecule has 5 nitrogen and oxygen atoms in total. The average Bonchev–Trinajstić information content (AvgIpc) is 2.61. The average molecular weight is 354 g/mol. The lowest BCUT2D eigenvalue weighted by Gasteiger charge is -2.32. The van der Waals surface area contributed by atoms with Crippen molar-refractivity contribution in [3.8, 4) is 11.1 Å². The molecule has 1 aliphatic rings. The Morgan fingerprint density at radius 3 is 2.69 bits per heavy atom. The summed E-state index contributed by atoms with van der Waals surface area (Å²) >= 11 is 0. The molecule has 0 fully saturated rings. The Hall–Kier alpha value is -2.40. The summed E-state index contributed by atoms with van der Waals surface area (Å²) in [6.07, 6.45) is 3.99. The van der Waals surface area contributed by atoms with Crippen LogP contribution in [0, 0.1) is 0 Å². The van der Waals surface area contributed by atoms with E-state index in [1.54, 1.807) is 11.9 Å². The van der Waals surface area contributed by atoms with E-state index in [1.807, 2.05) is 51.4 Å². The standard InChI is InChI=1S/C21H26N2O3/c1-21(2,3)26-20(24)23(4)14-19-18-7-5-6-16(17(18)10-13-25-19)15-8-11-22-12-9-15/h5-9,11-12,19H,10,13-14H2,1-4H3/t19-/m1/s1. The number of amides is 1. The van der Waals surface area contributed by atoms with Gasteiger partial charge in [-0.05, 0) is 61.6 Å². The molecule has 1 atom stereocenters. The summed E-state index contributed by atoms with van der Waals surface area (Å²) in [6.45, 7) is 6.70. The van der Waals surface area contributed by atoms with Crippen molar-refractivity contribution in [3.05, 3.63) is 53.9 Å². The fraction of sp³-hybridized carbons (Fsp3) is 0.429. The number of pyridine rings is 1. The first-order valence-electron chi connectivity index (χ1n) is 8.93. The minimum atomic E-state index is -0.509. The number of carbonyl (C=O) groups excluding carboxylic acids is 1. The van der Waals surface area contributed by atoms with Crippen LogP contribution >= 0.6 is 0 Å². The first-order chi connectivity index (χ1) is 12.3. The van der Waals surface area contributed by atoms with Gasteiger partial charge >= 0.3 is 6.09 Å². The normalized spacial score (nSPS) is 16.7. The fourth-order valence-corrected chi connectivity index (χ4v) is 3.19. The van der Waals surface area contributed by atoms with Crippen molar-refractivity contribution in [1.29, 1.82) is 0 Å². The van der Waals surface area contributed by atoms with E-state index in [2.05, 4.69) is 17.1 Å². The quantitative estimate of drug-likeness (QED) is 0.828. The number of carbonyl (C=O) groups is 1. The molecule has 2 heterocycles. The van der Waals surface area contributed by atoms with Gasteiger partial charge in [-0.1, -0.05) is 18.2 Å². The van der Waals surface area contributed by atoms with E-state index in [9.17, 15) is 4.79 Å². The zero-order chi connectivity index (χ0) is 18.7. The number of fused-ring (bicyclic) bond motifs is 1. The molecule has 0 spiro atoms. The van der Waals surface area contributed by atoms with E-state index < -0.39 is 5.60 Å². The molecular weight excluding hydrogens is 328 g/mol. The lowest BCUT2D eigenvalue weighted by Crippen LogP contribution is -2.38. The van der Waals surface area contributed by atoms with Gasteiger partial charge in [-0.25, -0.2) is 4.79 Å². The monoisotopic (exact) mass is 354 g/mol. The lowest BCUT2D eigenvalue weighted by molar-refractivity contribution is -0.00157. The third-order valence-electron chi connectivity index (χ3n) is 4.37. The van der Waals surface area contributed by atoms with Crippen molar-refractivity contribution >= 4 is 6.09 Å². The number of hydrogen-bond donors (Lipinski definition) is 0. The van der Waals surface area contributed by atoms with Crippen LogP contribution in [0.5, 0.6) is 0 Å². The number of rotatable bonds is 3. The van der Waals surface area contributed by atoms with Gasteiger partial charge in [0.25, 0.3) is 0 Å². The van der Waals surface area contributed by atoms with Crippen molar-refractivity contribution in [2.75, 3.05) is 20.2 Å². The maximum Gasteiger partial charge on any atom is 0.410 e. The van der Waals surface area contributed by atoms with Crippen molar-refractivity contribution in [2.24, 2.45) is 0 Å². The second-order valence-electron chi connectivity index (χ2n) is 7.58. The van der Waals surface area contributed by atoms with Crippen LogP contribution in [0.3, 0.4) is 0 Å². The molecule has 0 unspecified atom stereocenters. The maximum atomic E-state index is 12.3. The van der Waals surface area contributed by atoms with Crippen molar-refractivity contribution in [1.82, 2.24) is 9.88 Å². The molecule has 0 radical (unpaired) electrons. The molecule has 1 aromatic carbocycles. The molecule has 0 saturated heterocycles. The highest BCUT2D eigenvalue weighted by Crippen LogP contribution is 2.34. The van der Waals surface area contributed by atoms with Crippen molar-refractivity contribution < 1.29 is 14.3 Å². The van der Waals surface area contributed by atoms with Crippen LogP contribution in [0.4, 0.5) is 4.79 Å². The topological polar surface area (TPSA) is 51.7 Å². The van der Waals surface area contributed by atoms with E-state index in [-0.39, 0.29) is 12.2 Å². The molecule has 26 heavy (non-hydrogen) atoms. The minimum absolute atomic E-state index is 0.155. The van der Waals surface area contributed by atoms with E-state index in [1.165, 1.54) is 11.1 Å². The van der Waals surface area contributed by atoms with Gasteiger partial charge in [-0.2, -0.15) is 0 Å². The molecule has 2 aromatic rings. The Morgan fingerprint density at radius 2 is 2.00 bits per heavy atom. The fourth-order valence-electron chi connectivity index (χ4n) is 3.19. The summed E-state index contributed by atoms with van der Waals surface area (Å²) in [5.41, 5.74) is 4.27. The molecule has 0 saturated carbocycles. The Kier molecular flexibility index (Phi) is 5.28.